The van der Waals surface area contributed by atoms with Gasteiger partial charge in [-0.1, -0.05) is 44.9 Å². The highest BCUT2D eigenvalue weighted by Crippen LogP contribution is 2.24. The standard InChI is InChI=1S/C18H30O3/c1-4-6-7-10-14-20-16-12-8-9-13-17(16)21-18(19)15(3)11-5-2/h7,10-11,16-17H,4-6,8-9,12-14H2,1-3H3. The number of hydrogen-bond acceptors (Lipinski definition) is 3. The van der Waals surface area contributed by atoms with Crippen molar-refractivity contribution in [2.24, 2.45) is 0 Å². The molecule has 0 aliphatic heterocycles. The minimum atomic E-state index is -0.195. The Labute approximate surface area is 129 Å². The summed E-state index contributed by atoms with van der Waals surface area (Å²) >= 11 is 0. The van der Waals surface area contributed by atoms with E-state index in [1.54, 1.807) is 0 Å². The molecule has 1 saturated carbocycles. The fraction of sp³-hybridized carbons (Fsp3) is 0.722. The second-order valence-corrected chi connectivity index (χ2v) is 5.66. The number of rotatable bonds is 8. The quantitative estimate of drug-likeness (QED) is 0.374. The summed E-state index contributed by atoms with van der Waals surface area (Å²) < 4.78 is 11.5. The Balaban J connectivity index is 2.45. The topological polar surface area (TPSA) is 35.5 Å². The summed E-state index contributed by atoms with van der Waals surface area (Å²) in [5.41, 5.74) is 0.699. The van der Waals surface area contributed by atoms with Crippen LogP contribution in [0.5, 0.6) is 0 Å². The molecular weight excluding hydrogens is 264 g/mol. The van der Waals surface area contributed by atoms with Gasteiger partial charge in [0.2, 0.25) is 0 Å². The highest BCUT2D eigenvalue weighted by atomic mass is 16.6. The van der Waals surface area contributed by atoms with E-state index in [1.165, 1.54) is 0 Å². The molecule has 21 heavy (non-hydrogen) atoms. The number of esters is 1. The van der Waals surface area contributed by atoms with Crippen LogP contribution in [0.3, 0.4) is 0 Å². The Morgan fingerprint density at radius 2 is 1.86 bits per heavy atom. The number of hydrogen-bond donors (Lipinski definition) is 0. The molecule has 3 heteroatoms. The molecule has 0 saturated heterocycles. The Hall–Kier alpha value is -1.09. The molecule has 3 nitrogen and oxygen atoms in total. The van der Waals surface area contributed by atoms with Crippen molar-refractivity contribution in [1.29, 1.82) is 0 Å². The Kier molecular flexibility index (Phi) is 9.07. The van der Waals surface area contributed by atoms with Gasteiger partial charge in [-0.15, -0.1) is 0 Å². The van der Waals surface area contributed by atoms with Crippen LogP contribution in [0.15, 0.2) is 23.8 Å². The van der Waals surface area contributed by atoms with E-state index in [2.05, 4.69) is 19.1 Å². The Bertz CT molecular complexity index is 357. The second kappa shape index (κ2) is 10.6. The van der Waals surface area contributed by atoms with Gasteiger partial charge in [0.25, 0.3) is 0 Å². The lowest BCUT2D eigenvalue weighted by Gasteiger charge is -2.30. The van der Waals surface area contributed by atoms with Crippen molar-refractivity contribution >= 4 is 5.97 Å². The monoisotopic (exact) mass is 294 g/mol. The highest BCUT2D eigenvalue weighted by molar-refractivity contribution is 5.87. The molecule has 0 spiro atoms. The summed E-state index contributed by atoms with van der Waals surface area (Å²) in [5.74, 6) is -0.195. The molecule has 0 heterocycles. The van der Waals surface area contributed by atoms with E-state index in [0.29, 0.717) is 12.2 Å². The van der Waals surface area contributed by atoms with Crippen molar-refractivity contribution in [3.8, 4) is 0 Å². The maximum absolute atomic E-state index is 12.0. The van der Waals surface area contributed by atoms with Crippen molar-refractivity contribution in [1.82, 2.24) is 0 Å². The largest absolute Gasteiger partial charge is 0.456 e. The molecule has 0 N–H and O–H groups in total. The average Bonchev–Trinajstić information content (AvgIpc) is 2.49. The highest BCUT2D eigenvalue weighted by Gasteiger charge is 2.29. The van der Waals surface area contributed by atoms with Crippen molar-refractivity contribution in [2.75, 3.05) is 6.61 Å². The van der Waals surface area contributed by atoms with Crippen molar-refractivity contribution in [3.05, 3.63) is 23.8 Å². The fourth-order valence-corrected chi connectivity index (χ4v) is 2.54. The molecule has 0 radical (unpaired) electrons. The maximum atomic E-state index is 12.0. The zero-order chi connectivity index (χ0) is 15.5. The molecule has 120 valence electrons. The van der Waals surface area contributed by atoms with Crippen molar-refractivity contribution < 1.29 is 14.3 Å². The summed E-state index contributed by atoms with van der Waals surface area (Å²) in [6.45, 7) is 6.61. The van der Waals surface area contributed by atoms with Crippen LogP contribution >= 0.6 is 0 Å². The number of ether oxygens (including phenoxy) is 2. The van der Waals surface area contributed by atoms with Crippen LogP contribution in [-0.2, 0) is 14.3 Å². The van der Waals surface area contributed by atoms with E-state index >= 15 is 0 Å². The third-order valence-corrected chi connectivity index (χ3v) is 3.76. The van der Waals surface area contributed by atoms with E-state index in [1.807, 2.05) is 19.9 Å². The van der Waals surface area contributed by atoms with Gasteiger partial charge in [0, 0.05) is 5.57 Å². The normalized spacial score (nSPS) is 23.5. The van der Waals surface area contributed by atoms with Gasteiger partial charge in [-0.05, 0) is 39.0 Å². The van der Waals surface area contributed by atoms with Crippen LogP contribution < -0.4 is 0 Å². The van der Waals surface area contributed by atoms with Crippen LogP contribution in [0, 0.1) is 0 Å². The minimum absolute atomic E-state index is 0.0448. The zero-order valence-corrected chi connectivity index (χ0v) is 13.8. The van der Waals surface area contributed by atoms with E-state index < -0.39 is 0 Å². The van der Waals surface area contributed by atoms with E-state index in [4.69, 9.17) is 9.47 Å². The molecule has 1 rings (SSSR count). The number of unbranched alkanes of at least 4 members (excludes halogenated alkanes) is 1. The molecule has 0 amide bonds. The lowest BCUT2D eigenvalue weighted by Crippen LogP contribution is -2.36. The molecule has 1 aliphatic carbocycles. The fourth-order valence-electron chi connectivity index (χ4n) is 2.54. The van der Waals surface area contributed by atoms with E-state index in [-0.39, 0.29) is 18.2 Å². The van der Waals surface area contributed by atoms with Crippen LogP contribution in [0.2, 0.25) is 0 Å². The summed E-state index contributed by atoms with van der Waals surface area (Å²) in [5, 5.41) is 0. The zero-order valence-electron chi connectivity index (χ0n) is 13.8. The van der Waals surface area contributed by atoms with Crippen molar-refractivity contribution in [2.45, 2.75) is 77.9 Å². The number of carbonyl (C=O) groups is 1. The second-order valence-electron chi connectivity index (χ2n) is 5.66. The van der Waals surface area contributed by atoms with Crippen LogP contribution in [0.4, 0.5) is 0 Å². The number of allylic oxidation sites excluding steroid dienone is 2. The molecule has 1 aliphatic rings. The van der Waals surface area contributed by atoms with Crippen molar-refractivity contribution in [3.63, 3.8) is 0 Å². The Morgan fingerprint density at radius 3 is 2.52 bits per heavy atom. The van der Waals surface area contributed by atoms with Gasteiger partial charge in [0.05, 0.1) is 12.7 Å². The van der Waals surface area contributed by atoms with Gasteiger partial charge < -0.3 is 9.47 Å². The minimum Gasteiger partial charge on any atom is -0.456 e. The lowest BCUT2D eigenvalue weighted by atomic mass is 9.94. The molecule has 2 atom stereocenters. The smallest absolute Gasteiger partial charge is 0.333 e. The van der Waals surface area contributed by atoms with Gasteiger partial charge in [0.15, 0.2) is 0 Å². The SMILES string of the molecule is CCC=C(C)C(=O)OC1CCCCC1OCC=CCCC. The molecular formula is C18H30O3. The predicted octanol–water partition coefficient (Wildman–Crippen LogP) is 4.57. The van der Waals surface area contributed by atoms with Gasteiger partial charge >= 0.3 is 5.97 Å². The summed E-state index contributed by atoms with van der Waals surface area (Å²) in [4.78, 5) is 12.0. The maximum Gasteiger partial charge on any atom is 0.333 e. The lowest BCUT2D eigenvalue weighted by molar-refractivity contribution is -0.155. The van der Waals surface area contributed by atoms with Gasteiger partial charge in [-0.3, -0.25) is 0 Å². The van der Waals surface area contributed by atoms with Crippen LogP contribution in [0.1, 0.15) is 65.7 Å². The molecule has 0 aromatic heterocycles. The van der Waals surface area contributed by atoms with Crippen LogP contribution in [-0.4, -0.2) is 24.8 Å². The summed E-state index contributed by atoms with van der Waals surface area (Å²) in [6, 6.07) is 0. The van der Waals surface area contributed by atoms with E-state index in [9.17, 15) is 4.79 Å². The molecule has 0 aromatic carbocycles. The summed E-state index contributed by atoms with van der Waals surface area (Å²) in [6.07, 6.45) is 13.3. The van der Waals surface area contributed by atoms with E-state index in [0.717, 1.165) is 44.9 Å². The first kappa shape index (κ1) is 18.0. The predicted molar refractivity (Wildman–Crippen MR) is 86.2 cm³/mol. The van der Waals surface area contributed by atoms with Gasteiger partial charge in [-0.2, -0.15) is 0 Å². The van der Waals surface area contributed by atoms with Gasteiger partial charge in [0.1, 0.15) is 6.10 Å². The summed E-state index contributed by atoms with van der Waals surface area (Å²) in [7, 11) is 0. The first-order chi connectivity index (χ1) is 10.2. The third-order valence-electron chi connectivity index (χ3n) is 3.76. The van der Waals surface area contributed by atoms with Gasteiger partial charge in [-0.25, -0.2) is 4.79 Å². The molecule has 2 unspecified atom stereocenters. The first-order valence-electron chi connectivity index (χ1n) is 8.33. The Morgan fingerprint density at radius 1 is 1.14 bits per heavy atom. The average molecular weight is 294 g/mol. The van der Waals surface area contributed by atoms with Crippen LogP contribution in [0.25, 0.3) is 0 Å². The molecule has 0 aromatic rings. The third kappa shape index (κ3) is 6.94. The molecule has 1 fully saturated rings. The first-order valence-corrected chi connectivity index (χ1v) is 8.33. The molecule has 0 bridgehead atoms. The number of carbonyl (C=O) groups excluding carboxylic acids is 1.